The van der Waals surface area contributed by atoms with Crippen molar-refractivity contribution in [1.29, 1.82) is 0 Å². The number of aromatic nitrogens is 5. The molecule has 0 radical (unpaired) electrons. The number of rotatable bonds is 5. The Morgan fingerprint density at radius 2 is 2.08 bits per heavy atom. The lowest BCUT2D eigenvalue weighted by molar-refractivity contribution is 0.416. The predicted octanol–water partition coefficient (Wildman–Crippen LogP) is 3.47. The van der Waals surface area contributed by atoms with Crippen LogP contribution in [0, 0.1) is 6.92 Å². The maximum Gasteiger partial charge on any atom is 0.243 e. The summed E-state index contributed by atoms with van der Waals surface area (Å²) < 4.78 is 5.46. The van der Waals surface area contributed by atoms with Gasteiger partial charge in [-0.05, 0) is 30.7 Å². The molecule has 0 spiro atoms. The molecule has 130 valence electrons. The highest BCUT2D eigenvalue weighted by Crippen LogP contribution is 2.31. The first-order valence-corrected chi connectivity index (χ1v) is 8.84. The molecule has 1 aromatic carbocycles. The summed E-state index contributed by atoms with van der Waals surface area (Å²) in [5, 5.41) is 12.2. The van der Waals surface area contributed by atoms with Gasteiger partial charge in [0.05, 0.1) is 25.5 Å². The van der Waals surface area contributed by atoms with Gasteiger partial charge in [-0.3, -0.25) is 0 Å². The normalized spacial score (nSPS) is 10.8. The van der Waals surface area contributed by atoms with Crippen molar-refractivity contribution in [3.63, 3.8) is 0 Å². The summed E-state index contributed by atoms with van der Waals surface area (Å²) in [4.78, 5) is 14.4. The van der Waals surface area contributed by atoms with E-state index in [1.807, 2.05) is 37.3 Å². The molecule has 3 aromatic heterocycles. The van der Waals surface area contributed by atoms with Gasteiger partial charge in [0.15, 0.2) is 0 Å². The fraction of sp³-hybridized carbons (Fsp3) is 0.167. The Morgan fingerprint density at radius 3 is 2.92 bits per heavy atom. The molecule has 0 amide bonds. The molecule has 1 N–H and O–H groups in total. The first-order valence-electron chi connectivity index (χ1n) is 8.02. The first-order chi connectivity index (χ1) is 12.7. The van der Waals surface area contributed by atoms with Crippen LogP contribution in [0.5, 0.6) is 5.75 Å². The number of benzene rings is 1. The number of anilines is 1. The Bertz CT molecular complexity index is 1030. The maximum atomic E-state index is 5.46. The van der Waals surface area contributed by atoms with Gasteiger partial charge in [-0.25, -0.2) is 15.0 Å². The van der Waals surface area contributed by atoms with Crippen LogP contribution in [0.1, 0.15) is 10.6 Å². The smallest absolute Gasteiger partial charge is 0.243 e. The van der Waals surface area contributed by atoms with Crippen LogP contribution in [0.2, 0.25) is 0 Å². The number of nitrogens with one attached hydrogen (secondary N) is 1. The Morgan fingerprint density at radius 1 is 1.15 bits per heavy atom. The van der Waals surface area contributed by atoms with Crippen molar-refractivity contribution in [3.8, 4) is 17.0 Å². The maximum absolute atomic E-state index is 5.46. The van der Waals surface area contributed by atoms with E-state index in [2.05, 4.69) is 30.5 Å². The quantitative estimate of drug-likeness (QED) is 0.580. The third-order valence-corrected chi connectivity index (χ3v) is 4.86. The molecular formula is C18H16N6OS. The summed E-state index contributed by atoms with van der Waals surface area (Å²) >= 11 is 1.54. The van der Waals surface area contributed by atoms with Crippen LogP contribution in [-0.2, 0) is 6.54 Å². The SMILES string of the molecule is COc1cccc(C)c1-c1cnnc(NCc2nc3cccnc3s2)n1. The first kappa shape index (κ1) is 16.3. The molecule has 0 saturated carbocycles. The third-order valence-electron chi connectivity index (χ3n) is 3.88. The van der Waals surface area contributed by atoms with Gasteiger partial charge >= 0.3 is 0 Å². The van der Waals surface area contributed by atoms with E-state index in [-0.39, 0.29) is 0 Å². The molecule has 0 aliphatic heterocycles. The van der Waals surface area contributed by atoms with Gasteiger partial charge in [0, 0.05) is 11.8 Å². The topological polar surface area (TPSA) is 85.7 Å². The van der Waals surface area contributed by atoms with Crippen LogP contribution >= 0.6 is 11.3 Å². The zero-order valence-electron chi connectivity index (χ0n) is 14.3. The summed E-state index contributed by atoms with van der Waals surface area (Å²) in [5.74, 6) is 1.20. The fourth-order valence-corrected chi connectivity index (χ4v) is 3.53. The van der Waals surface area contributed by atoms with Crippen molar-refractivity contribution in [3.05, 3.63) is 53.3 Å². The second-order valence-corrected chi connectivity index (χ2v) is 6.67. The lowest BCUT2D eigenvalue weighted by atomic mass is 10.1. The molecule has 0 aliphatic carbocycles. The van der Waals surface area contributed by atoms with Crippen molar-refractivity contribution >= 4 is 27.6 Å². The fourth-order valence-electron chi connectivity index (χ4n) is 2.68. The van der Waals surface area contributed by atoms with Gasteiger partial charge in [-0.2, -0.15) is 5.10 Å². The number of ether oxygens (including phenoxy) is 1. The zero-order valence-corrected chi connectivity index (χ0v) is 15.1. The van der Waals surface area contributed by atoms with Gasteiger partial charge in [0.25, 0.3) is 0 Å². The molecule has 8 heteroatoms. The highest BCUT2D eigenvalue weighted by atomic mass is 32.1. The van der Waals surface area contributed by atoms with E-state index in [9.17, 15) is 0 Å². The molecule has 26 heavy (non-hydrogen) atoms. The molecule has 0 fully saturated rings. The summed E-state index contributed by atoms with van der Waals surface area (Å²) in [6.07, 6.45) is 3.40. The van der Waals surface area contributed by atoms with E-state index in [0.717, 1.165) is 32.2 Å². The van der Waals surface area contributed by atoms with Crippen molar-refractivity contribution in [2.24, 2.45) is 0 Å². The van der Waals surface area contributed by atoms with Crippen LogP contribution in [0.25, 0.3) is 21.6 Å². The summed E-state index contributed by atoms with van der Waals surface area (Å²) in [7, 11) is 1.65. The van der Waals surface area contributed by atoms with Crippen LogP contribution in [-0.4, -0.2) is 32.3 Å². The highest BCUT2D eigenvalue weighted by molar-refractivity contribution is 7.18. The molecule has 0 aliphatic rings. The van der Waals surface area contributed by atoms with Gasteiger partial charge in [-0.15, -0.1) is 5.10 Å². The lowest BCUT2D eigenvalue weighted by Crippen LogP contribution is -2.05. The van der Waals surface area contributed by atoms with E-state index in [1.54, 1.807) is 30.8 Å². The highest BCUT2D eigenvalue weighted by Gasteiger charge is 2.12. The predicted molar refractivity (Wildman–Crippen MR) is 101 cm³/mol. The second kappa shape index (κ2) is 7.01. The minimum absolute atomic E-state index is 0.444. The molecule has 0 saturated heterocycles. The molecule has 0 bridgehead atoms. The molecule has 4 aromatic rings. The Labute approximate surface area is 154 Å². The largest absolute Gasteiger partial charge is 0.496 e. The average Bonchev–Trinajstić information content (AvgIpc) is 3.09. The molecule has 7 nitrogen and oxygen atoms in total. The Balaban J connectivity index is 1.58. The molecule has 0 unspecified atom stereocenters. The standard InChI is InChI=1S/C18H16N6OS/c1-11-5-3-7-14(25-2)16(11)13-9-21-24-18(23-13)20-10-15-22-12-6-4-8-19-17(12)26-15/h3-9H,10H2,1-2H3,(H,20,23,24). The van der Waals surface area contributed by atoms with Crippen molar-refractivity contribution in [2.45, 2.75) is 13.5 Å². The van der Waals surface area contributed by atoms with Crippen molar-refractivity contribution in [2.75, 3.05) is 12.4 Å². The second-order valence-electron chi connectivity index (χ2n) is 5.61. The number of aryl methyl sites for hydroxylation is 1. The zero-order chi connectivity index (χ0) is 17.9. The Kier molecular flexibility index (Phi) is 4.40. The number of fused-ring (bicyclic) bond motifs is 1. The number of hydrogen-bond donors (Lipinski definition) is 1. The molecular weight excluding hydrogens is 348 g/mol. The summed E-state index contributed by atoms with van der Waals surface area (Å²) in [6.45, 7) is 2.53. The number of thiazole rings is 1. The van der Waals surface area contributed by atoms with Crippen LogP contribution in [0.3, 0.4) is 0 Å². The van der Waals surface area contributed by atoms with Gasteiger partial charge in [0.2, 0.25) is 5.95 Å². The number of pyridine rings is 1. The van der Waals surface area contributed by atoms with E-state index in [1.165, 1.54) is 0 Å². The van der Waals surface area contributed by atoms with Crippen molar-refractivity contribution < 1.29 is 4.74 Å². The van der Waals surface area contributed by atoms with Crippen LogP contribution in [0.15, 0.2) is 42.7 Å². The van der Waals surface area contributed by atoms with E-state index in [0.29, 0.717) is 18.2 Å². The van der Waals surface area contributed by atoms with E-state index in [4.69, 9.17) is 4.74 Å². The average molecular weight is 364 g/mol. The monoisotopic (exact) mass is 364 g/mol. The van der Waals surface area contributed by atoms with Gasteiger partial charge in [0.1, 0.15) is 21.1 Å². The number of hydrogen-bond acceptors (Lipinski definition) is 8. The van der Waals surface area contributed by atoms with Crippen molar-refractivity contribution in [1.82, 2.24) is 25.1 Å². The number of methoxy groups -OCH3 is 1. The third kappa shape index (κ3) is 3.18. The molecule has 0 atom stereocenters. The van der Waals surface area contributed by atoms with Crippen LogP contribution in [0.4, 0.5) is 5.95 Å². The van der Waals surface area contributed by atoms with E-state index < -0.39 is 0 Å². The molecule has 3 heterocycles. The van der Waals surface area contributed by atoms with E-state index >= 15 is 0 Å². The van der Waals surface area contributed by atoms with Gasteiger partial charge < -0.3 is 10.1 Å². The molecule has 4 rings (SSSR count). The van der Waals surface area contributed by atoms with Gasteiger partial charge in [-0.1, -0.05) is 23.5 Å². The Hall–Kier alpha value is -3.13. The summed E-state index contributed by atoms with van der Waals surface area (Å²) in [6, 6.07) is 9.70. The minimum atomic E-state index is 0.444. The minimum Gasteiger partial charge on any atom is -0.496 e. The number of nitrogens with zero attached hydrogens (tertiary/aromatic N) is 5. The summed E-state index contributed by atoms with van der Waals surface area (Å²) in [5.41, 5.74) is 3.58. The lowest BCUT2D eigenvalue weighted by Gasteiger charge is -2.11. The van der Waals surface area contributed by atoms with Crippen LogP contribution < -0.4 is 10.1 Å².